The molecule has 2 rings (SSSR count). The van der Waals surface area contributed by atoms with Gasteiger partial charge in [0.25, 0.3) is 0 Å². The van der Waals surface area contributed by atoms with Gasteiger partial charge in [0.05, 0.1) is 20.7 Å². The number of alkyl halides is 1. The number of hydrogen-bond donors (Lipinski definition) is 0. The van der Waals surface area contributed by atoms with Crippen molar-refractivity contribution in [2.45, 2.75) is 62.5 Å². The SMILES string of the molecule is COC[C@@H](c1ccccc1)N1[C@@H](C(C)C)C[C@H]1[C@H](Br)[Si](C)(C)C. The molecule has 4 atom stereocenters. The van der Waals surface area contributed by atoms with Crippen LogP contribution in [0, 0.1) is 5.92 Å². The number of ether oxygens (including phenoxy) is 1. The van der Waals surface area contributed by atoms with Gasteiger partial charge in [-0.25, -0.2) is 0 Å². The van der Waals surface area contributed by atoms with Gasteiger partial charge in [0.15, 0.2) is 0 Å². The third-order valence-corrected chi connectivity index (χ3v) is 11.8. The first-order chi connectivity index (χ1) is 10.8. The minimum Gasteiger partial charge on any atom is -0.383 e. The molecule has 0 saturated carbocycles. The van der Waals surface area contributed by atoms with E-state index in [9.17, 15) is 0 Å². The molecule has 0 radical (unpaired) electrons. The van der Waals surface area contributed by atoms with Gasteiger partial charge >= 0.3 is 0 Å². The highest BCUT2D eigenvalue weighted by atomic mass is 79.9. The minimum absolute atomic E-state index is 0.351. The Labute approximate surface area is 151 Å². The van der Waals surface area contributed by atoms with Crippen molar-refractivity contribution in [3.05, 3.63) is 35.9 Å². The maximum absolute atomic E-state index is 5.61. The van der Waals surface area contributed by atoms with E-state index in [1.54, 1.807) is 0 Å². The average molecular weight is 398 g/mol. The van der Waals surface area contributed by atoms with Crippen LogP contribution in [-0.2, 0) is 4.74 Å². The third kappa shape index (κ3) is 4.27. The lowest BCUT2D eigenvalue weighted by molar-refractivity contribution is -0.0646. The monoisotopic (exact) mass is 397 g/mol. The Balaban J connectivity index is 2.31. The molecule has 0 spiro atoms. The Hall–Kier alpha value is -0.163. The molecule has 0 amide bonds. The van der Waals surface area contributed by atoms with Gasteiger partial charge in [-0.15, -0.1) is 0 Å². The van der Waals surface area contributed by atoms with Crippen molar-refractivity contribution in [3.8, 4) is 0 Å². The van der Waals surface area contributed by atoms with Crippen molar-refractivity contribution in [3.63, 3.8) is 0 Å². The number of benzene rings is 1. The predicted octanol–water partition coefficient (Wildman–Crippen LogP) is 5.11. The molecule has 1 aromatic carbocycles. The first-order valence-corrected chi connectivity index (χ1v) is 13.2. The summed E-state index contributed by atoms with van der Waals surface area (Å²) < 4.78 is 6.23. The topological polar surface area (TPSA) is 12.5 Å². The van der Waals surface area contributed by atoms with Crippen LogP contribution in [0.3, 0.4) is 0 Å². The number of nitrogens with zero attached hydrogens (tertiary/aromatic N) is 1. The minimum atomic E-state index is -1.24. The number of hydrogen-bond acceptors (Lipinski definition) is 2. The van der Waals surface area contributed by atoms with Crippen LogP contribution in [-0.4, -0.2) is 43.2 Å². The zero-order valence-electron chi connectivity index (χ0n) is 15.4. The van der Waals surface area contributed by atoms with Crippen molar-refractivity contribution >= 4 is 24.0 Å². The second-order valence-electron chi connectivity index (χ2n) is 8.21. The summed E-state index contributed by atoms with van der Waals surface area (Å²) in [4.78, 5) is 2.74. The molecule has 0 bridgehead atoms. The van der Waals surface area contributed by atoms with Gasteiger partial charge in [0, 0.05) is 23.6 Å². The van der Waals surface area contributed by atoms with Gasteiger partial charge in [0.2, 0.25) is 0 Å². The average Bonchev–Trinajstić information content (AvgIpc) is 2.45. The van der Waals surface area contributed by atoms with Crippen LogP contribution < -0.4 is 0 Å². The quantitative estimate of drug-likeness (QED) is 0.467. The van der Waals surface area contributed by atoms with E-state index in [4.69, 9.17) is 4.74 Å². The van der Waals surface area contributed by atoms with Crippen molar-refractivity contribution in [1.29, 1.82) is 0 Å². The normalized spacial score (nSPS) is 25.2. The highest BCUT2D eigenvalue weighted by molar-refractivity contribution is 9.10. The fourth-order valence-electron chi connectivity index (χ4n) is 3.71. The Morgan fingerprint density at radius 2 is 1.78 bits per heavy atom. The second kappa shape index (κ2) is 7.81. The highest BCUT2D eigenvalue weighted by Gasteiger charge is 2.49. The Morgan fingerprint density at radius 3 is 2.26 bits per heavy atom. The van der Waals surface area contributed by atoms with Gasteiger partial charge < -0.3 is 4.74 Å². The second-order valence-corrected chi connectivity index (χ2v) is 15.4. The molecule has 0 aliphatic carbocycles. The first kappa shape index (κ1) is 19.2. The van der Waals surface area contributed by atoms with E-state index in [0.717, 1.165) is 6.61 Å². The van der Waals surface area contributed by atoms with Gasteiger partial charge in [-0.2, -0.15) is 0 Å². The molecule has 1 saturated heterocycles. The summed E-state index contributed by atoms with van der Waals surface area (Å²) in [6.45, 7) is 12.8. The zero-order chi connectivity index (χ0) is 17.2. The molecule has 2 nitrogen and oxygen atoms in total. The molecule has 1 aliphatic heterocycles. The van der Waals surface area contributed by atoms with Crippen LogP contribution >= 0.6 is 15.9 Å². The molecule has 1 heterocycles. The van der Waals surface area contributed by atoms with Gasteiger partial charge in [0.1, 0.15) is 0 Å². The summed E-state index contributed by atoms with van der Waals surface area (Å²) in [6.07, 6.45) is 1.30. The molecule has 4 heteroatoms. The van der Waals surface area contributed by atoms with Crippen molar-refractivity contribution in [2.75, 3.05) is 13.7 Å². The standard InChI is InChI=1S/C19H32BrNOSi/c1-14(2)16-12-17(19(20)23(4,5)6)21(16)18(13-22-3)15-10-8-7-9-11-15/h7-11,14,16-19H,12-13H2,1-6H3/t16-,17+,18+,19-/m1/s1. The van der Waals surface area contributed by atoms with Crippen LogP contribution in [0.15, 0.2) is 30.3 Å². The smallest absolute Gasteiger partial charge is 0.0660 e. The van der Waals surface area contributed by atoms with E-state index in [1.807, 2.05) is 7.11 Å². The molecule has 0 unspecified atom stereocenters. The van der Waals surface area contributed by atoms with Crippen LogP contribution in [0.25, 0.3) is 0 Å². The molecule has 1 aliphatic rings. The largest absolute Gasteiger partial charge is 0.383 e. The molecule has 1 aromatic rings. The molecule has 0 N–H and O–H groups in total. The van der Waals surface area contributed by atoms with Gasteiger partial charge in [-0.1, -0.05) is 79.8 Å². The third-order valence-electron chi connectivity index (χ3n) is 5.05. The summed E-state index contributed by atoms with van der Waals surface area (Å²) in [5.74, 6) is 0.677. The van der Waals surface area contributed by atoms with E-state index in [-0.39, 0.29) is 0 Å². The van der Waals surface area contributed by atoms with Crippen LogP contribution in [0.5, 0.6) is 0 Å². The van der Waals surface area contributed by atoms with Crippen molar-refractivity contribution in [2.24, 2.45) is 5.92 Å². The van der Waals surface area contributed by atoms with E-state index in [1.165, 1.54) is 12.0 Å². The molecule has 23 heavy (non-hydrogen) atoms. The van der Waals surface area contributed by atoms with Crippen LogP contribution in [0.2, 0.25) is 19.6 Å². The maximum Gasteiger partial charge on any atom is 0.0660 e. The van der Waals surface area contributed by atoms with Crippen molar-refractivity contribution < 1.29 is 4.74 Å². The van der Waals surface area contributed by atoms with E-state index < -0.39 is 8.07 Å². The summed E-state index contributed by atoms with van der Waals surface area (Å²) in [5.41, 5.74) is 1.37. The lowest BCUT2D eigenvalue weighted by Gasteiger charge is -2.57. The molecule has 130 valence electrons. The van der Waals surface area contributed by atoms with Gasteiger partial charge in [-0.3, -0.25) is 4.90 Å². The molecular weight excluding hydrogens is 366 g/mol. The molecule has 0 aromatic heterocycles. The number of halogens is 1. The van der Waals surface area contributed by atoms with Crippen molar-refractivity contribution in [1.82, 2.24) is 4.90 Å². The first-order valence-electron chi connectivity index (χ1n) is 8.72. The summed E-state index contributed by atoms with van der Waals surface area (Å²) in [6, 6.07) is 12.5. The van der Waals surface area contributed by atoms with Crippen LogP contribution in [0.1, 0.15) is 31.9 Å². The summed E-state index contributed by atoms with van der Waals surface area (Å²) in [7, 11) is 0.584. The van der Waals surface area contributed by atoms with Gasteiger partial charge in [-0.05, 0) is 17.9 Å². The fraction of sp³-hybridized carbons (Fsp3) is 0.684. The Bertz CT molecular complexity index is 488. The molecule has 1 fully saturated rings. The highest BCUT2D eigenvalue weighted by Crippen LogP contribution is 2.44. The fourth-order valence-corrected chi connectivity index (χ4v) is 5.66. The lowest BCUT2D eigenvalue weighted by atomic mass is 9.82. The Kier molecular flexibility index (Phi) is 6.51. The molecular formula is C19H32BrNOSi. The lowest BCUT2D eigenvalue weighted by Crippen LogP contribution is -2.66. The Morgan fingerprint density at radius 1 is 1.17 bits per heavy atom. The number of methoxy groups -OCH3 is 1. The number of rotatable bonds is 7. The maximum atomic E-state index is 5.61. The zero-order valence-corrected chi connectivity index (χ0v) is 18.0. The number of likely N-dealkylation sites (tertiary alicyclic amines) is 1. The summed E-state index contributed by atoms with van der Waals surface area (Å²) >= 11 is 4.06. The van der Waals surface area contributed by atoms with Crippen LogP contribution in [0.4, 0.5) is 0 Å². The summed E-state index contributed by atoms with van der Waals surface area (Å²) in [5, 5.41) is 0. The van der Waals surface area contributed by atoms with E-state index in [0.29, 0.717) is 28.5 Å². The van der Waals surface area contributed by atoms with E-state index >= 15 is 0 Å². The van der Waals surface area contributed by atoms with E-state index in [2.05, 4.69) is 84.7 Å². The predicted molar refractivity (Wildman–Crippen MR) is 106 cm³/mol.